The standard InChI is InChI=1S/C21H22ClNO6S/c22-14-3-1-2-13-16(30-12-6-4-11(9-24)5-7-12)8-23(17(13)14)21-20(28)19(27)18(26)15(10-25)29-21/h1-8,15,18-21,24-28H,9-10H2/t15-,18-,19+,20-,21-/m1/s1. The van der Waals surface area contributed by atoms with Crippen molar-refractivity contribution in [3.8, 4) is 0 Å². The fraction of sp³-hybridized carbons (Fsp3) is 0.333. The van der Waals surface area contributed by atoms with E-state index in [1.807, 2.05) is 36.4 Å². The van der Waals surface area contributed by atoms with Gasteiger partial charge in [-0.1, -0.05) is 47.6 Å². The van der Waals surface area contributed by atoms with Crippen LogP contribution in [0.4, 0.5) is 0 Å². The van der Waals surface area contributed by atoms with Gasteiger partial charge in [0.15, 0.2) is 6.23 Å². The van der Waals surface area contributed by atoms with Crippen LogP contribution in [0.5, 0.6) is 0 Å². The molecule has 2 aromatic carbocycles. The molecule has 1 fully saturated rings. The molecule has 9 heteroatoms. The maximum atomic E-state index is 10.6. The fourth-order valence-corrected chi connectivity index (χ4v) is 4.86. The number of hydrogen-bond acceptors (Lipinski definition) is 7. The molecule has 1 saturated heterocycles. The number of ether oxygens (including phenoxy) is 1. The minimum atomic E-state index is -1.48. The van der Waals surface area contributed by atoms with Crippen LogP contribution in [0.25, 0.3) is 10.9 Å². The van der Waals surface area contributed by atoms with Crippen molar-refractivity contribution in [3.05, 3.63) is 59.2 Å². The van der Waals surface area contributed by atoms with Crippen LogP contribution in [0.2, 0.25) is 5.02 Å². The summed E-state index contributed by atoms with van der Waals surface area (Å²) >= 11 is 7.94. The maximum Gasteiger partial charge on any atom is 0.163 e. The molecule has 160 valence electrons. The molecule has 2 heterocycles. The average Bonchev–Trinajstić information content (AvgIpc) is 3.12. The van der Waals surface area contributed by atoms with E-state index < -0.39 is 37.3 Å². The predicted octanol–water partition coefficient (Wildman–Crippen LogP) is 1.91. The minimum Gasteiger partial charge on any atom is -0.394 e. The van der Waals surface area contributed by atoms with E-state index in [9.17, 15) is 25.5 Å². The molecule has 30 heavy (non-hydrogen) atoms. The SMILES string of the molecule is OCc1ccc(Sc2cn([C@@H]3O[C@H](CO)[C@@H](O)[C@H](O)[C@H]3O)c3c(Cl)cccc23)cc1. The van der Waals surface area contributed by atoms with Gasteiger partial charge in [0.05, 0.1) is 23.8 Å². The molecular formula is C21H22ClNO6S. The van der Waals surface area contributed by atoms with Gasteiger partial charge in [-0.15, -0.1) is 0 Å². The molecule has 0 saturated carbocycles. The van der Waals surface area contributed by atoms with Gasteiger partial charge in [-0.3, -0.25) is 0 Å². The molecule has 0 bridgehead atoms. The molecule has 1 aliphatic heterocycles. The summed E-state index contributed by atoms with van der Waals surface area (Å²) in [5.74, 6) is 0. The van der Waals surface area contributed by atoms with Gasteiger partial charge in [0.2, 0.25) is 0 Å². The zero-order valence-electron chi connectivity index (χ0n) is 15.8. The molecule has 5 atom stereocenters. The van der Waals surface area contributed by atoms with E-state index in [4.69, 9.17) is 16.3 Å². The molecular weight excluding hydrogens is 430 g/mol. The number of aliphatic hydroxyl groups excluding tert-OH is 5. The predicted molar refractivity (Wildman–Crippen MR) is 112 cm³/mol. The second-order valence-corrected chi connectivity index (χ2v) is 8.68. The Hall–Kier alpha value is -1.62. The molecule has 4 rings (SSSR count). The summed E-state index contributed by atoms with van der Waals surface area (Å²) in [6, 6.07) is 12.9. The van der Waals surface area contributed by atoms with Crippen LogP contribution >= 0.6 is 23.4 Å². The molecule has 3 aromatic rings. The molecule has 0 spiro atoms. The molecule has 0 unspecified atom stereocenters. The summed E-state index contributed by atoms with van der Waals surface area (Å²) in [7, 11) is 0. The number of fused-ring (bicyclic) bond motifs is 1. The van der Waals surface area contributed by atoms with Crippen molar-refractivity contribution in [1.82, 2.24) is 4.57 Å². The normalized spacial score (nSPS) is 26.9. The fourth-order valence-electron chi connectivity index (χ4n) is 3.62. The van der Waals surface area contributed by atoms with Gasteiger partial charge in [0.1, 0.15) is 24.4 Å². The van der Waals surface area contributed by atoms with Gasteiger partial charge < -0.3 is 34.8 Å². The third kappa shape index (κ3) is 3.86. The quantitative estimate of drug-likeness (QED) is 0.402. The van der Waals surface area contributed by atoms with Gasteiger partial charge in [0.25, 0.3) is 0 Å². The lowest BCUT2D eigenvalue weighted by Gasteiger charge is -2.40. The van der Waals surface area contributed by atoms with Crippen molar-refractivity contribution in [3.63, 3.8) is 0 Å². The zero-order chi connectivity index (χ0) is 21.4. The first-order chi connectivity index (χ1) is 14.4. The lowest BCUT2D eigenvalue weighted by atomic mass is 9.98. The van der Waals surface area contributed by atoms with Gasteiger partial charge in [0, 0.05) is 21.4 Å². The van der Waals surface area contributed by atoms with Crippen LogP contribution in [-0.4, -0.2) is 61.1 Å². The van der Waals surface area contributed by atoms with E-state index in [0.29, 0.717) is 10.5 Å². The molecule has 1 aromatic heterocycles. The van der Waals surface area contributed by atoms with Crippen molar-refractivity contribution < 1.29 is 30.3 Å². The van der Waals surface area contributed by atoms with Crippen molar-refractivity contribution in [1.29, 1.82) is 0 Å². The average molecular weight is 452 g/mol. The first-order valence-corrected chi connectivity index (χ1v) is 10.6. The monoisotopic (exact) mass is 451 g/mol. The van der Waals surface area contributed by atoms with Gasteiger partial charge in [-0.25, -0.2) is 0 Å². The first kappa shape index (κ1) is 21.6. The van der Waals surface area contributed by atoms with Crippen molar-refractivity contribution >= 4 is 34.3 Å². The third-order valence-corrected chi connectivity index (χ3v) is 6.60. The van der Waals surface area contributed by atoms with Crippen molar-refractivity contribution in [2.75, 3.05) is 6.61 Å². The van der Waals surface area contributed by atoms with E-state index in [0.717, 1.165) is 20.7 Å². The van der Waals surface area contributed by atoms with E-state index in [1.54, 1.807) is 16.8 Å². The molecule has 7 nitrogen and oxygen atoms in total. The largest absolute Gasteiger partial charge is 0.394 e. The molecule has 0 radical (unpaired) electrons. The Balaban J connectivity index is 1.76. The Bertz CT molecular complexity index is 1020. The number of aliphatic hydroxyl groups is 5. The van der Waals surface area contributed by atoms with E-state index in [1.165, 1.54) is 11.8 Å². The van der Waals surface area contributed by atoms with Crippen LogP contribution in [0.3, 0.4) is 0 Å². The van der Waals surface area contributed by atoms with Crippen LogP contribution < -0.4 is 0 Å². The highest BCUT2D eigenvalue weighted by atomic mass is 35.5. The highest BCUT2D eigenvalue weighted by Gasteiger charge is 2.44. The lowest BCUT2D eigenvalue weighted by Crippen LogP contribution is -2.56. The third-order valence-electron chi connectivity index (χ3n) is 5.24. The zero-order valence-corrected chi connectivity index (χ0v) is 17.4. The number of para-hydroxylation sites is 1. The Morgan fingerprint density at radius 2 is 1.70 bits per heavy atom. The Labute approximate surface area is 182 Å². The number of rotatable bonds is 5. The summed E-state index contributed by atoms with van der Waals surface area (Å²) in [5, 5.41) is 50.8. The summed E-state index contributed by atoms with van der Waals surface area (Å²) in [5.41, 5.74) is 1.42. The Kier molecular flexibility index (Phi) is 6.38. The van der Waals surface area contributed by atoms with Gasteiger partial charge in [-0.2, -0.15) is 0 Å². The van der Waals surface area contributed by atoms with Gasteiger partial charge >= 0.3 is 0 Å². The number of benzene rings is 2. The highest BCUT2D eigenvalue weighted by Crippen LogP contribution is 2.41. The summed E-state index contributed by atoms with van der Waals surface area (Å²) in [4.78, 5) is 1.79. The number of aromatic nitrogens is 1. The molecule has 5 N–H and O–H groups in total. The summed E-state index contributed by atoms with van der Waals surface area (Å²) < 4.78 is 7.36. The Morgan fingerprint density at radius 3 is 2.37 bits per heavy atom. The van der Waals surface area contributed by atoms with Crippen LogP contribution in [0, 0.1) is 0 Å². The van der Waals surface area contributed by atoms with E-state index >= 15 is 0 Å². The van der Waals surface area contributed by atoms with Gasteiger partial charge in [-0.05, 0) is 23.8 Å². The van der Waals surface area contributed by atoms with Crippen molar-refractivity contribution in [2.45, 2.75) is 47.0 Å². The van der Waals surface area contributed by atoms with Crippen LogP contribution in [-0.2, 0) is 11.3 Å². The molecule has 0 aliphatic carbocycles. The number of halogens is 1. The summed E-state index contributed by atoms with van der Waals surface area (Å²) in [6.07, 6.45) is -4.63. The van der Waals surface area contributed by atoms with Crippen LogP contribution in [0.1, 0.15) is 11.8 Å². The molecule has 1 aliphatic rings. The highest BCUT2D eigenvalue weighted by molar-refractivity contribution is 7.99. The Morgan fingerprint density at radius 1 is 0.967 bits per heavy atom. The minimum absolute atomic E-state index is 0.0308. The number of nitrogens with zero attached hydrogens (tertiary/aromatic N) is 1. The summed E-state index contributed by atoms with van der Waals surface area (Å²) in [6.45, 7) is -0.538. The van der Waals surface area contributed by atoms with E-state index in [-0.39, 0.29) is 6.61 Å². The van der Waals surface area contributed by atoms with Crippen molar-refractivity contribution in [2.24, 2.45) is 0 Å². The second kappa shape index (κ2) is 8.86. The smallest absolute Gasteiger partial charge is 0.163 e. The van der Waals surface area contributed by atoms with E-state index in [2.05, 4.69) is 0 Å². The topological polar surface area (TPSA) is 115 Å². The van der Waals surface area contributed by atoms with Crippen LogP contribution in [0.15, 0.2) is 58.5 Å². The number of hydrogen-bond donors (Lipinski definition) is 5. The first-order valence-electron chi connectivity index (χ1n) is 9.41. The maximum absolute atomic E-state index is 10.6. The molecule has 0 amide bonds. The lowest BCUT2D eigenvalue weighted by molar-refractivity contribution is -0.250. The second-order valence-electron chi connectivity index (χ2n) is 7.16.